The van der Waals surface area contributed by atoms with Crippen LogP contribution in [0.15, 0.2) is 101 Å². The average Bonchev–Trinajstić information content (AvgIpc) is 3.79. The van der Waals surface area contributed by atoms with Gasteiger partial charge < -0.3 is 13.9 Å². The molecule has 5 nitrogen and oxygen atoms in total. The molecule has 0 aliphatic rings. The third kappa shape index (κ3) is 5.93. The van der Waals surface area contributed by atoms with Crippen LogP contribution in [-0.4, -0.2) is 20.3 Å². The first kappa shape index (κ1) is 36.3. The number of aryl methyl sites for hydroxylation is 1. The number of ketones is 1. The number of furan rings is 1. The molecule has 0 saturated heterocycles. The predicted octanol–water partition coefficient (Wildman–Crippen LogP) is 12.6. The summed E-state index contributed by atoms with van der Waals surface area (Å²) in [6.07, 6.45) is 4.75. The van der Waals surface area contributed by atoms with Crippen LogP contribution < -0.4 is 0 Å². The number of allylic oxidation sites excluding steroid dienone is 2. The van der Waals surface area contributed by atoms with E-state index in [0.29, 0.717) is 0 Å². The summed E-state index contributed by atoms with van der Waals surface area (Å²) in [5, 5.41) is 15.9. The molecule has 1 N–H and O–H groups in total. The monoisotopic (exact) mass is 854 g/mol. The second kappa shape index (κ2) is 13.9. The molecule has 263 valence electrons. The zero-order chi connectivity index (χ0) is 35.4. The van der Waals surface area contributed by atoms with E-state index in [2.05, 4.69) is 90.2 Å². The number of benzene rings is 4. The van der Waals surface area contributed by atoms with Crippen molar-refractivity contribution in [2.24, 2.45) is 10.8 Å². The zero-order valence-electron chi connectivity index (χ0n) is 30.5. The number of hydrogen-bond donors (Lipinski definition) is 1. The van der Waals surface area contributed by atoms with Crippen LogP contribution in [0.25, 0.3) is 71.4 Å². The summed E-state index contributed by atoms with van der Waals surface area (Å²) in [6, 6.07) is 33.2. The molecule has 4 heterocycles. The smallest absolute Gasteiger partial charge is 0.164 e. The molecule has 0 fully saturated rings. The van der Waals surface area contributed by atoms with Gasteiger partial charge in [-0.15, -0.1) is 17.7 Å². The fourth-order valence-electron chi connectivity index (χ4n) is 7.12. The van der Waals surface area contributed by atoms with Crippen LogP contribution in [0.5, 0.6) is 0 Å². The van der Waals surface area contributed by atoms with Crippen molar-refractivity contribution < 1.29 is 34.4 Å². The van der Waals surface area contributed by atoms with E-state index in [-0.39, 0.29) is 42.5 Å². The molecule has 4 aromatic carbocycles. The van der Waals surface area contributed by atoms with E-state index in [4.69, 9.17) is 9.40 Å². The van der Waals surface area contributed by atoms with Gasteiger partial charge in [0.25, 0.3) is 0 Å². The van der Waals surface area contributed by atoms with E-state index in [0.717, 1.165) is 75.3 Å². The number of pyridine rings is 1. The van der Waals surface area contributed by atoms with E-state index >= 15 is 0 Å². The minimum atomic E-state index is -0.337. The maximum Gasteiger partial charge on any atom is 0.164 e. The van der Waals surface area contributed by atoms with Crippen LogP contribution in [0.1, 0.15) is 72.8 Å². The van der Waals surface area contributed by atoms with Gasteiger partial charge in [0.15, 0.2) is 5.78 Å². The molecule has 0 unspecified atom stereocenters. The van der Waals surface area contributed by atoms with Crippen molar-refractivity contribution in [1.29, 1.82) is 0 Å². The molecule has 0 spiro atoms. The van der Waals surface area contributed by atoms with Crippen molar-refractivity contribution in [1.82, 2.24) is 9.38 Å². The van der Waals surface area contributed by atoms with Gasteiger partial charge in [-0.2, -0.15) is 0 Å². The van der Waals surface area contributed by atoms with Crippen LogP contribution in [0.4, 0.5) is 0 Å². The van der Waals surface area contributed by atoms with E-state index in [1.54, 1.807) is 0 Å². The largest absolute Gasteiger partial charge is 0.512 e. The molecule has 8 rings (SSSR count). The van der Waals surface area contributed by atoms with Crippen LogP contribution in [0.3, 0.4) is 0 Å². The molecule has 0 aliphatic carbocycles. The second-order valence-electron chi connectivity index (χ2n) is 14.3. The Labute approximate surface area is 313 Å². The zero-order valence-corrected chi connectivity index (χ0v) is 32.9. The van der Waals surface area contributed by atoms with Gasteiger partial charge in [0.2, 0.25) is 0 Å². The van der Waals surface area contributed by atoms with Crippen molar-refractivity contribution in [3.63, 3.8) is 0 Å². The number of carbonyl (C=O) groups is 1. The average molecular weight is 854 g/mol. The molecular formula is C45H45IrN2O3-. The van der Waals surface area contributed by atoms with Crippen molar-refractivity contribution in [3.05, 3.63) is 108 Å². The summed E-state index contributed by atoms with van der Waals surface area (Å²) in [5.74, 6) is 0.286. The molecular weight excluding hydrogens is 809 g/mol. The quantitative estimate of drug-likeness (QED) is 0.0939. The van der Waals surface area contributed by atoms with Crippen LogP contribution >= 0.6 is 0 Å². The van der Waals surface area contributed by atoms with Crippen molar-refractivity contribution in [2.45, 2.75) is 74.1 Å². The Hall–Kier alpha value is -4.51. The molecule has 8 aromatic rings. The SMILES string of the molecule is CCC(C)(CC)C(=O)/C=C(\O)C(C)(CC)CC.Cc1ccc2c(c1)oc1c3c(-c4ccc5ccccc5n4)[c-]cc4c5ccccc5n(c21)c43.[Ir]. The van der Waals surface area contributed by atoms with Crippen molar-refractivity contribution in [2.75, 3.05) is 0 Å². The van der Waals surface area contributed by atoms with Gasteiger partial charge in [-0.05, 0) is 89.8 Å². The van der Waals surface area contributed by atoms with Gasteiger partial charge in [-0.3, -0.25) is 9.78 Å². The van der Waals surface area contributed by atoms with Gasteiger partial charge >= 0.3 is 0 Å². The first-order chi connectivity index (χ1) is 24.1. The first-order valence-electron chi connectivity index (χ1n) is 17.9. The Balaban J connectivity index is 0.000000215. The Bertz CT molecular complexity index is 2560. The molecule has 1 radical (unpaired) electrons. The fourth-order valence-corrected chi connectivity index (χ4v) is 7.12. The van der Waals surface area contributed by atoms with Gasteiger partial charge in [0.1, 0.15) is 16.9 Å². The maximum atomic E-state index is 12.2. The summed E-state index contributed by atoms with van der Waals surface area (Å²) >= 11 is 0. The van der Waals surface area contributed by atoms with E-state index in [1.165, 1.54) is 33.4 Å². The summed E-state index contributed by atoms with van der Waals surface area (Å²) in [6.45, 7) is 14.2. The summed E-state index contributed by atoms with van der Waals surface area (Å²) in [4.78, 5) is 17.2. The molecule has 0 aliphatic heterocycles. The Morgan fingerprint density at radius 1 is 0.843 bits per heavy atom. The molecule has 0 atom stereocenters. The number of rotatable bonds is 8. The first-order valence-corrected chi connectivity index (χ1v) is 17.9. The number of nitrogens with zero attached hydrogens (tertiary/aromatic N) is 2. The van der Waals surface area contributed by atoms with Gasteiger partial charge in [0, 0.05) is 47.9 Å². The van der Waals surface area contributed by atoms with Gasteiger partial charge in [-0.1, -0.05) is 102 Å². The summed E-state index contributed by atoms with van der Waals surface area (Å²) in [7, 11) is 0. The number of aliphatic hydroxyl groups excluding tert-OH is 1. The molecule has 0 saturated carbocycles. The molecule has 0 bridgehead atoms. The third-order valence-corrected chi connectivity index (χ3v) is 11.5. The van der Waals surface area contributed by atoms with Gasteiger partial charge in [0.05, 0.1) is 11.0 Å². The number of aliphatic hydroxyl groups is 1. The third-order valence-electron chi connectivity index (χ3n) is 11.5. The van der Waals surface area contributed by atoms with E-state index < -0.39 is 0 Å². The Morgan fingerprint density at radius 2 is 1.53 bits per heavy atom. The number of para-hydroxylation sites is 2. The van der Waals surface area contributed by atoms with Crippen LogP contribution in [0.2, 0.25) is 0 Å². The number of fused-ring (bicyclic) bond motifs is 9. The minimum absolute atomic E-state index is 0. The fraction of sp³-hybridized carbons (Fsp3) is 0.289. The molecule has 0 amide bonds. The van der Waals surface area contributed by atoms with E-state index in [1.807, 2.05) is 53.7 Å². The van der Waals surface area contributed by atoms with Crippen molar-refractivity contribution >= 4 is 65.9 Å². The summed E-state index contributed by atoms with van der Waals surface area (Å²) < 4.78 is 8.92. The van der Waals surface area contributed by atoms with Gasteiger partial charge in [-0.25, -0.2) is 0 Å². The Kier molecular flexibility index (Phi) is 9.89. The minimum Gasteiger partial charge on any atom is -0.512 e. The van der Waals surface area contributed by atoms with Crippen molar-refractivity contribution in [3.8, 4) is 11.3 Å². The summed E-state index contributed by atoms with van der Waals surface area (Å²) in [5.41, 5.74) is 8.76. The number of carbonyl (C=O) groups excluding carboxylic acids is 1. The standard InChI is InChI=1S/C30H17N2O.C15H28O2.Ir/c1-17-10-12-22-26(16-17)33-30-27-21(24-15-11-18-6-2-4-8-23(18)31-24)14-13-20-19-7-3-5-9-25(19)32(28(20)27)29(22)30;1-7-14(5,8-2)12(16)11-13(17)15(6,9-3)10-4;/h2-13,15-16H,1H3;11,16H,7-10H2,1-6H3;/q-1;;/b;12-11-;. The maximum absolute atomic E-state index is 12.2. The normalized spacial score (nSPS) is 12.6. The molecule has 51 heavy (non-hydrogen) atoms. The number of hydrogen-bond acceptors (Lipinski definition) is 4. The van der Waals surface area contributed by atoms with E-state index in [9.17, 15) is 9.90 Å². The predicted molar refractivity (Wildman–Crippen MR) is 208 cm³/mol. The molecule has 6 heteroatoms. The topological polar surface area (TPSA) is 67.7 Å². The second-order valence-corrected chi connectivity index (χ2v) is 14.3. The Morgan fingerprint density at radius 3 is 2.25 bits per heavy atom. The molecule has 4 aromatic heterocycles. The van der Waals surface area contributed by atoms with Crippen LogP contribution in [-0.2, 0) is 24.9 Å². The number of aromatic nitrogens is 2. The van der Waals surface area contributed by atoms with Crippen LogP contribution in [0, 0.1) is 23.8 Å².